The molecule has 2 saturated carbocycles. The van der Waals surface area contributed by atoms with E-state index < -0.39 is 5.97 Å². The van der Waals surface area contributed by atoms with Gasteiger partial charge >= 0.3 is 5.97 Å². The Balaban J connectivity index is 1.84. The van der Waals surface area contributed by atoms with Gasteiger partial charge in [0.25, 0.3) is 0 Å². The van der Waals surface area contributed by atoms with Crippen molar-refractivity contribution in [2.75, 3.05) is 5.75 Å². The van der Waals surface area contributed by atoms with Crippen LogP contribution in [0.5, 0.6) is 0 Å². The van der Waals surface area contributed by atoms with Crippen molar-refractivity contribution in [2.45, 2.75) is 50.2 Å². The van der Waals surface area contributed by atoms with E-state index in [2.05, 4.69) is 28.6 Å². The van der Waals surface area contributed by atoms with Gasteiger partial charge in [-0.15, -0.1) is 10.2 Å². The minimum Gasteiger partial charge on any atom is -0.481 e. The fourth-order valence-corrected chi connectivity index (χ4v) is 3.07. The maximum Gasteiger partial charge on any atom is 0.313 e. The van der Waals surface area contributed by atoms with Crippen LogP contribution in [0.3, 0.4) is 0 Å². The lowest BCUT2D eigenvalue weighted by Gasteiger charge is -2.09. The van der Waals surface area contributed by atoms with Crippen molar-refractivity contribution in [2.24, 2.45) is 5.41 Å². The molecule has 1 atom stereocenters. The first-order chi connectivity index (χ1) is 8.49. The molecule has 2 aliphatic rings. The lowest BCUT2D eigenvalue weighted by molar-refractivity contribution is -0.133. The first-order valence-electron chi connectivity index (χ1n) is 6.28. The predicted octanol–water partition coefficient (Wildman–Crippen LogP) is 2.30. The molecule has 0 aromatic carbocycles. The first-order valence-corrected chi connectivity index (χ1v) is 7.27. The number of thioether (sulfide) groups is 1. The summed E-state index contributed by atoms with van der Waals surface area (Å²) < 4.78 is 2.19. The van der Waals surface area contributed by atoms with Crippen molar-refractivity contribution in [3.05, 3.63) is 5.82 Å². The fourth-order valence-electron chi connectivity index (χ4n) is 2.33. The molecular weight excluding hydrogens is 250 g/mol. The smallest absolute Gasteiger partial charge is 0.313 e. The number of hydrogen-bond acceptors (Lipinski definition) is 4. The second-order valence-electron chi connectivity index (χ2n) is 5.87. The number of aromatic nitrogens is 3. The minimum atomic E-state index is -0.807. The van der Waals surface area contributed by atoms with E-state index in [0.717, 1.165) is 17.4 Å². The molecule has 6 heteroatoms. The van der Waals surface area contributed by atoms with Crippen LogP contribution in [-0.4, -0.2) is 31.6 Å². The summed E-state index contributed by atoms with van der Waals surface area (Å²) in [5.74, 6) is 0.803. The molecule has 0 radical (unpaired) electrons. The van der Waals surface area contributed by atoms with Crippen LogP contribution in [0.15, 0.2) is 5.16 Å². The van der Waals surface area contributed by atoms with Crippen molar-refractivity contribution in [1.82, 2.24) is 14.8 Å². The number of rotatable bonds is 5. The number of aliphatic carboxylic acids is 1. The van der Waals surface area contributed by atoms with Crippen LogP contribution in [0.25, 0.3) is 0 Å². The molecule has 18 heavy (non-hydrogen) atoms. The Bertz CT molecular complexity index is 494. The summed E-state index contributed by atoms with van der Waals surface area (Å²) >= 11 is 1.28. The zero-order chi connectivity index (χ0) is 12.9. The van der Waals surface area contributed by atoms with E-state index in [4.69, 9.17) is 5.11 Å². The van der Waals surface area contributed by atoms with Crippen LogP contribution >= 0.6 is 11.8 Å². The number of hydrogen-bond donors (Lipinski definition) is 1. The molecule has 0 aliphatic heterocycles. The predicted molar refractivity (Wildman–Crippen MR) is 67.8 cm³/mol. The molecule has 1 aromatic rings. The second-order valence-corrected chi connectivity index (χ2v) is 6.81. The Labute approximate surface area is 110 Å². The highest BCUT2D eigenvalue weighted by molar-refractivity contribution is 7.99. The third kappa shape index (κ3) is 2.13. The molecule has 2 aliphatic carbocycles. The summed E-state index contributed by atoms with van der Waals surface area (Å²) in [6.45, 7) is 4.49. The van der Waals surface area contributed by atoms with E-state index in [9.17, 15) is 4.79 Å². The third-order valence-corrected chi connectivity index (χ3v) is 4.68. The van der Waals surface area contributed by atoms with Gasteiger partial charge in [-0.25, -0.2) is 0 Å². The topological polar surface area (TPSA) is 68.0 Å². The number of carbonyl (C=O) groups is 1. The van der Waals surface area contributed by atoms with Gasteiger partial charge in [-0.1, -0.05) is 25.6 Å². The quantitative estimate of drug-likeness (QED) is 0.829. The van der Waals surface area contributed by atoms with Gasteiger partial charge in [0, 0.05) is 12.0 Å². The zero-order valence-corrected chi connectivity index (χ0v) is 11.4. The molecule has 1 N–H and O–H groups in total. The van der Waals surface area contributed by atoms with Gasteiger partial charge in [0.1, 0.15) is 5.82 Å². The molecule has 0 spiro atoms. The maximum atomic E-state index is 10.6. The summed E-state index contributed by atoms with van der Waals surface area (Å²) in [5, 5.41) is 18.0. The van der Waals surface area contributed by atoms with Crippen LogP contribution in [0.4, 0.5) is 0 Å². The SMILES string of the molecule is CC1(C)CC1c1nnc(SCC(=O)O)n1C1CC1. The summed E-state index contributed by atoms with van der Waals surface area (Å²) in [6.07, 6.45) is 3.49. The molecule has 2 fully saturated rings. The zero-order valence-electron chi connectivity index (χ0n) is 10.6. The first kappa shape index (κ1) is 12.0. The Kier molecular flexibility index (Phi) is 2.66. The van der Waals surface area contributed by atoms with Gasteiger partial charge in [-0.05, 0) is 24.7 Å². The van der Waals surface area contributed by atoms with Crippen molar-refractivity contribution in [1.29, 1.82) is 0 Å². The summed E-state index contributed by atoms with van der Waals surface area (Å²) in [4.78, 5) is 10.6. The molecule has 1 aromatic heterocycles. The molecule has 0 saturated heterocycles. The van der Waals surface area contributed by atoms with Gasteiger partial charge in [0.15, 0.2) is 5.16 Å². The normalized spacial score (nSPS) is 25.1. The van der Waals surface area contributed by atoms with Gasteiger partial charge < -0.3 is 9.67 Å². The van der Waals surface area contributed by atoms with Crippen molar-refractivity contribution in [3.63, 3.8) is 0 Å². The van der Waals surface area contributed by atoms with Crippen LogP contribution in [0.2, 0.25) is 0 Å². The van der Waals surface area contributed by atoms with E-state index in [0.29, 0.717) is 17.4 Å². The van der Waals surface area contributed by atoms with E-state index in [-0.39, 0.29) is 5.75 Å². The molecule has 1 heterocycles. The molecule has 5 nitrogen and oxygen atoms in total. The highest BCUT2D eigenvalue weighted by Gasteiger charge is 2.50. The van der Waals surface area contributed by atoms with E-state index >= 15 is 0 Å². The Morgan fingerprint density at radius 2 is 2.17 bits per heavy atom. The van der Waals surface area contributed by atoms with Crippen molar-refractivity contribution in [3.8, 4) is 0 Å². The molecular formula is C12H17N3O2S. The van der Waals surface area contributed by atoms with Crippen LogP contribution in [0, 0.1) is 5.41 Å². The molecule has 98 valence electrons. The highest BCUT2D eigenvalue weighted by atomic mass is 32.2. The molecule has 0 amide bonds. The largest absolute Gasteiger partial charge is 0.481 e. The maximum absolute atomic E-state index is 10.6. The third-order valence-electron chi connectivity index (χ3n) is 3.75. The fraction of sp³-hybridized carbons (Fsp3) is 0.750. The standard InChI is InChI=1S/C12H17N3O2S/c1-12(2)5-8(12)10-13-14-11(18-6-9(16)17)15(10)7-3-4-7/h7-8H,3-6H2,1-2H3,(H,16,17). The van der Waals surface area contributed by atoms with Crippen LogP contribution < -0.4 is 0 Å². The molecule has 0 bridgehead atoms. The average molecular weight is 267 g/mol. The summed E-state index contributed by atoms with van der Waals surface area (Å²) in [6, 6.07) is 0.502. The van der Waals surface area contributed by atoms with Gasteiger partial charge in [-0.3, -0.25) is 4.79 Å². The van der Waals surface area contributed by atoms with Crippen LogP contribution in [0.1, 0.15) is 50.9 Å². The summed E-state index contributed by atoms with van der Waals surface area (Å²) in [5.41, 5.74) is 0.328. The van der Waals surface area contributed by atoms with Gasteiger partial charge in [0.2, 0.25) is 0 Å². The van der Waals surface area contributed by atoms with Crippen LogP contribution in [-0.2, 0) is 4.79 Å². The average Bonchev–Trinajstić information content (AvgIpc) is 3.17. The minimum absolute atomic E-state index is 0.0545. The highest BCUT2D eigenvalue weighted by Crippen LogP contribution is 2.59. The van der Waals surface area contributed by atoms with Gasteiger partial charge in [0.05, 0.1) is 5.75 Å². The van der Waals surface area contributed by atoms with Crippen molar-refractivity contribution >= 4 is 17.7 Å². The number of carboxylic acid groups (broad SMARTS) is 1. The van der Waals surface area contributed by atoms with E-state index in [1.807, 2.05) is 0 Å². The molecule has 3 rings (SSSR count). The van der Waals surface area contributed by atoms with E-state index in [1.54, 1.807) is 0 Å². The lowest BCUT2D eigenvalue weighted by Crippen LogP contribution is -2.06. The monoisotopic (exact) mass is 267 g/mol. The van der Waals surface area contributed by atoms with Gasteiger partial charge in [-0.2, -0.15) is 0 Å². The Morgan fingerprint density at radius 3 is 2.67 bits per heavy atom. The van der Waals surface area contributed by atoms with Crippen molar-refractivity contribution < 1.29 is 9.90 Å². The Morgan fingerprint density at radius 1 is 1.50 bits per heavy atom. The Hall–Kier alpha value is -1.04. The number of carboxylic acids is 1. The molecule has 1 unspecified atom stereocenters. The number of nitrogens with zero attached hydrogens (tertiary/aromatic N) is 3. The second kappa shape index (κ2) is 3.98. The lowest BCUT2D eigenvalue weighted by atomic mass is 10.1. The summed E-state index contributed by atoms with van der Waals surface area (Å²) in [7, 11) is 0. The van der Waals surface area contributed by atoms with E-state index in [1.165, 1.54) is 24.6 Å².